The average molecular weight is 320 g/mol. The van der Waals surface area contributed by atoms with Crippen molar-refractivity contribution in [3.05, 3.63) is 41.8 Å². The third-order valence-corrected chi connectivity index (χ3v) is 3.67. The van der Waals surface area contributed by atoms with E-state index in [2.05, 4.69) is 9.97 Å². The smallest absolute Gasteiger partial charge is 0.218 e. The Kier molecular flexibility index (Phi) is 4.54. The summed E-state index contributed by atoms with van der Waals surface area (Å²) in [5.41, 5.74) is -0.985. The van der Waals surface area contributed by atoms with Crippen LogP contribution in [-0.2, 0) is 6.18 Å². The van der Waals surface area contributed by atoms with Crippen molar-refractivity contribution in [2.24, 2.45) is 0 Å². The monoisotopic (exact) mass is 320 g/mol. The van der Waals surface area contributed by atoms with Crippen LogP contribution in [0.15, 0.2) is 45.4 Å². The summed E-state index contributed by atoms with van der Waals surface area (Å²) in [4.78, 5) is 8.04. The third-order valence-electron chi connectivity index (χ3n) is 2.19. The zero-order chi connectivity index (χ0) is 14.8. The lowest BCUT2D eigenvalue weighted by Crippen LogP contribution is -2.09. The van der Waals surface area contributed by atoms with Gasteiger partial charge in [-0.15, -0.1) is 0 Å². The molecule has 0 atom stereocenters. The minimum absolute atomic E-state index is 0.0458. The van der Waals surface area contributed by atoms with Gasteiger partial charge in [-0.2, -0.15) is 13.2 Å². The van der Waals surface area contributed by atoms with Gasteiger partial charge < -0.3 is 0 Å². The van der Waals surface area contributed by atoms with E-state index in [1.165, 1.54) is 24.3 Å². The van der Waals surface area contributed by atoms with E-state index in [4.69, 9.17) is 0 Å². The summed E-state index contributed by atoms with van der Waals surface area (Å²) < 4.78 is 50.9. The molecule has 0 fully saturated rings. The summed E-state index contributed by atoms with van der Waals surface area (Å²) in [5.74, 6) is -0.405. The number of aromatic nitrogens is 2. The first-order valence-electron chi connectivity index (χ1n) is 5.32. The predicted octanol–water partition coefficient (Wildman–Crippen LogP) is 4.51. The highest BCUT2D eigenvalue weighted by Gasteiger charge is 2.33. The molecule has 2 rings (SSSR count). The van der Waals surface area contributed by atoms with Crippen LogP contribution < -0.4 is 0 Å². The van der Waals surface area contributed by atoms with Gasteiger partial charge in [-0.3, -0.25) is 0 Å². The molecule has 0 spiro atoms. The first-order valence-corrected chi connectivity index (χ1v) is 7.36. The summed E-state index contributed by atoms with van der Waals surface area (Å²) in [6.07, 6.45) is -2.92. The van der Waals surface area contributed by atoms with E-state index in [0.29, 0.717) is 4.90 Å². The Hall–Kier alpha value is -1.28. The Morgan fingerprint density at radius 3 is 2.25 bits per heavy atom. The zero-order valence-corrected chi connectivity index (χ0v) is 11.7. The van der Waals surface area contributed by atoms with Gasteiger partial charge in [-0.25, -0.2) is 14.4 Å². The molecule has 0 radical (unpaired) electrons. The molecule has 20 heavy (non-hydrogen) atoms. The second kappa shape index (κ2) is 6.01. The van der Waals surface area contributed by atoms with Crippen molar-refractivity contribution in [2.75, 3.05) is 6.26 Å². The first kappa shape index (κ1) is 15.1. The Morgan fingerprint density at radius 1 is 1.05 bits per heavy atom. The van der Waals surface area contributed by atoms with Crippen LogP contribution >= 0.6 is 23.5 Å². The van der Waals surface area contributed by atoms with E-state index >= 15 is 0 Å². The van der Waals surface area contributed by atoms with Gasteiger partial charge in [0.1, 0.15) is 16.5 Å². The van der Waals surface area contributed by atoms with Gasteiger partial charge in [-0.1, -0.05) is 23.5 Å². The Labute approximate surface area is 121 Å². The van der Waals surface area contributed by atoms with Gasteiger partial charge in [0.2, 0.25) is 0 Å². The van der Waals surface area contributed by atoms with Crippen LogP contribution in [0.1, 0.15) is 5.69 Å². The number of hydrogen-bond acceptors (Lipinski definition) is 4. The molecule has 0 saturated heterocycles. The quantitative estimate of drug-likeness (QED) is 0.360. The van der Waals surface area contributed by atoms with Gasteiger partial charge in [-0.05, 0) is 30.5 Å². The molecular weight excluding hydrogens is 312 g/mol. The average Bonchev–Trinajstić information content (AvgIpc) is 2.40. The highest BCUT2D eigenvalue weighted by Crippen LogP contribution is 2.33. The number of thioether (sulfide) groups is 1. The van der Waals surface area contributed by atoms with Crippen molar-refractivity contribution in [3.63, 3.8) is 0 Å². The van der Waals surface area contributed by atoms with Crippen LogP contribution in [-0.4, -0.2) is 16.2 Å². The summed E-state index contributed by atoms with van der Waals surface area (Å²) in [5, 5.41) is 0.215. The molecule has 0 bridgehead atoms. The van der Waals surface area contributed by atoms with E-state index in [-0.39, 0.29) is 10.2 Å². The van der Waals surface area contributed by atoms with Crippen molar-refractivity contribution in [1.29, 1.82) is 0 Å². The predicted molar refractivity (Wildman–Crippen MR) is 69.3 cm³/mol. The summed E-state index contributed by atoms with van der Waals surface area (Å²) in [6.45, 7) is 0. The van der Waals surface area contributed by atoms with Crippen LogP contribution in [0.25, 0.3) is 0 Å². The van der Waals surface area contributed by atoms with Crippen LogP contribution in [0.4, 0.5) is 17.6 Å². The number of nitrogens with zero attached hydrogens (tertiary/aromatic N) is 2. The molecule has 1 aromatic carbocycles. The SMILES string of the molecule is CSc1nc(Sc2ccc(F)cc2)cc(C(F)(F)F)n1. The minimum Gasteiger partial charge on any atom is -0.218 e. The topological polar surface area (TPSA) is 25.8 Å². The number of hydrogen-bond donors (Lipinski definition) is 0. The van der Waals surface area contributed by atoms with Gasteiger partial charge in [0.05, 0.1) is 0 Å². The normalized spacial score (nSPS) is 11.7. The van der Waals surface area contributed by atoms with Gasteiger partial charge in [0, 0.05) is 11.0 Å². The summed E-state index contributed by atoms with van der Waals surface area (Å²) in [6, 6.07) is 6.32. The lowest BCUT2D eigenvalue weighted by Gasteiger charge is -2.09. The highest BCUT2D eigenvalue weighted by molar-refractivity contribution is 7.99. The van der Waals surface area contributed by atoms with Crippen molar-refractivity contribution < 1.29 is 17.6 Å². The molecule has 0 aliphatic rings. The fraction of sp³-hybridized carbons (Fsp3) is 0.167. The highest BCUT2D eigenvalue weighted by atomic mass is 32.2. The lowest BCUT2D eigenvalue weighted by atomic mass is 10.4. The van der Waals surface area contributed by atoms with E-state index in [0.717, 1.165) is 29.6 Å². The number of benzene rings is 1. The minimum atomic E-state index is -4.52. The molecule has 0 N–H and O–H groups in total. The van der Waals surface area contributed by atoms with Gasteiger partial charge in [0.25, 0.3) is 0 Å². The molecule has 0 amide bonds. The van der Waals surface area contributed by atoms with E-state index in [1.54, 1.807) is 6.26 Å². The van der Waals surface area contributed by atoms with E-state index in [1.807, 2.05) is 0 Å². The fourth-order valence-corrected chi connectivity index (χ4v) is 2.57. The summed E-state index contributed by atoms with van der Waals surface area (Å²) in [7, 11) is 0. The number of rotatable bonds is 3. The first-order chi connectivity index (χ1) is 9.38. The maximum atomic E-state index is 12.8. The van der Waals surface area contributed by atoms with Crippen LogP contribution in [0.3, 0.4) is 0 Å². The maximum absolute atomic E-state index is 12.8. The number of halogens is 4. The van der Waals surface area contributed by atoms with Crippen molar-refractivity contribution >= 4 is 23.5 Å². The van der Waals surface area contributed by atoms with Gasteiger partial charge in [0.15, 0.2) is 5.16 Å². The lowest BCUT2D eigenvalue weighted by molar-refractivity contribution is -0.141. The van der Waals surface area contributed by atoms with Crippen LogP contribution in [0.5, 0.6) is 0 Å². The number of alkyl halides is 3. The molecule has 2 nitrogen and oxygen atoms in total. The molecule has 106 valence electrons. The fourth-order valence-electron chi connectivity index (χ4n) is 1.32. The largest absolute Gasteiger partial charge is 0.433 e. The van der Waals surface area contributed by atoms with Crippen LogP contribution in [0.2, 0.25) is 0 Å². The van der Waals surface area contributed by atoms with Crippen molar-refractivity contribution in [1.82, 2.24) is 9.97 Å². The molecule has 0 unspecified atom stereocenters. The Bertz CT molecular complexity index is 599. The van der Waals surface area contributed by atoms with Crippen LogP contribution in [0, 0.1) is 5.82 Å². The maximum Gasteiger partial charge on any atom is 0.433 e. The Balaban J connectivity index is 2.33. The molecule has 0 saturated carbocycles. The molecule has 1 heterocycles. The van der Waals surface area contributed by atoms with E-state index < -0.39 is 17.7 Å². The van der Waals surface area contributed by atoms with E-state index in [9.17, 15) is 17.6 Å². The second-order valence-electron chi connectivity index (χ2n) is 3.63. The Morgan fingerprint density at radius 2 is 1.70 bits per heavy atom. The van der Waals surface area contributed by atoms with Crippen molar-refractivity contribution in [2.45, 2.75) is 21.3 Å². The van der Waals surface area contributed by atoms with Gasteiger partial charge >= 0.3 is 6.18 Å². The summed E-state index contributed by atoms with van der Waals surface area (Å²) >= 11 is 2.06. The molecule has 2 aromatic rings. The molecular formula is C12H8F4N2S2. The second-order valence-corrected chi connectivity index (χ2v) is 5.50. The third kappa shape index (κ3) is 3.86. The molecule has 0 aliphatic carbocycles. The standard InChI is InChI=1S/C12H8F4N2S2/c1-19-11-17-9(12(14,15)16)6-10(18-11)20-8-4-2-7(13)3-5-8/h2-6H,1H3. The molecule has 0 aliphatic heterocycles. The van der Waals surface area contributed by atoms with Crippen molar-refractivity contribution in [3.8, 4) is 0 Å². The molecule has 8 heteroatoms. The zero-order valence-electron chi connectivity index (χ0n) is 10.1. The molecule has 1 aromatic heterocycles.